The molecule has 8 rings (SSSR count). The largest absolute Gasteiger partial charge is 0.268 e. The van der Waals surface area contributed by atoms with Gasteiger partial charge in [0.15, 0.2) is 0 Å². The number of hydrogen-bond donors (Lipinski definition) is 0. The molecule has 0 amide bonds. The van der Waals surface area contributed by atoms with Gasteiger partial charge in [-0.05, 0) is 112 Å². The lowest BCUT2D eigenvalue weighted by atomic mass is 9.78. The zero-order valence-corrected chi connectivity index (χ0v) is 24.8. The van der Waals surface area contributed by atoms with Gasteiger partial charge < -0.3 is 0 Å². The van der Waals surface area contributed by atoms with E-state index in [1.54, 1.807) is 42.7 Å². The Hall–Kier alpha value is -4.81. The molecular weight excluding hydrogens is 567 g/mol. The van der Waals surface area contributed by atoms with E-state index in [0.29, 0.717) is 22.9 Å². The summed E-state index contributed by atoms with van der Waals surface area (Å²) in [6.07, 6.45) is 10.0. The summed E-state index contributed by atoms with van der Waals surface area (Å²) in [5, 5.41) is 0.566. The highest BCUT2D eigenvalue weighted by Crippen LogP contribution is 2.41. The van der Waals surface area contributed by atoms with Crippen molar-refractivity contribution in [3.63, 3.8) is 0 Å². The molecule has 2 aliphatic rings. The molecule has 0 N–H and O–H groups in total. The number of halogens is 1. The van der Waals surface area contributed by atoms with E-state index >= 15 is 0 Å². The first-order valence-electron chi connectivity index (χ1n) is 15.0. The van der Waals surface area contributed by atoms with Gasteiger partial charge in [-0.25, -0.2) is 16.8 Å². The van der Waals surface area contributed by atoms with Crippen LogP contribution in [0.4, 0.5) is 4.39 Å². The number of allylic oxidation sites excluding steroid dienone is 1. The van der Waals surface area contributed by atoms with E-state index in [9.17, 15) is 12.8 Å². The SMILES string of the molecule is O=S(=O)(c1ccccc1)n1cc(Cc2ncccc2C2=Cc3c(ccc4c3CCc3ccccc3-4)CC2)c2cc(F)ccc21. The Morgan fingerprint density at radius 3 is 2.43 bits per heavy atom. The molecule has 4 aromatic carbocycles. The van der Waals surface area contributed by atoms with Crippen LogP contribution in [-0.4, -0.2) is 17.4 Å². The van der Waals surface area contributed by atoms with E-state index in [0.717, 1.165) is 36.9 Å². The van der Waals surface area contributed by atoms with Gasteiger partial charge in [0.2, 0.25) is 0 Å². The second kappa shape index (κ2) is 10.4. The highest BCUT2D eigenvalue weighted by molar-refractivity contribution is 7.90. The summed E-state index contributed by atoms with van der Waals surface area (Å²) >= 11 is 0. The fourth-order valence-corrected chi connectivity index (χ4v) is 8.37. The number of benzene rings is 4. The van der Waals surface area contributed by atoms with Crippen LogP contribution in [0.15, 0.2) is 114 Å². The summed E-state index contributed by atoms with van der Waals surface area (Å²) in [5.41, 5.74) is 12.4. The Morgan fingerprint density at radius 2 is 1.55 bits per heavy atom. The van der Waals surface area contributed by atoms with Gasteiger partial charge in [0.05, 0.1) is 16.1 Å². The third-order valence-corrected chi connectivity index (χ3v) is 10.8. The molecule has 44 heavy (non-hydrogen) atoms. The van der Waals surface area contributed by atoms with E-state index < -0.39 is 15.8 Å². The normalized spacial score (nSPS) is 14.1. The Balaban J connectivity index is 1.22. The fraction of sp³-hybridized carbons (Fsp3) is 0.132. The zero-order valence-electron chi connectivity index (χ0n) is 24.0. The van der Waals surface area contributed by atoms with Gasteiger partial charge in [0.1, 0.15) is 5.82 Å². The number of aryl methyl sites for hydroxylation is 2. The second-order valence-electron chi connectivity index (χ2n) is 11.6. The van der Waals surface area contributed by atoms with Crippen LogP contribution in [0, 0.1) is 5.82 Å². The molecule has 0 atom stereocenters. The van der Waals surface area contributed by atoms with Crippen LogP contribution in [0.25, 0.3) is 33.7 Å². The number of rotatable bonds is 5. The summed E-state index contributed by atoms with van der Waals surface area (Å²) in [5.74, 6) is -0.409. The Morgan fingerprint density at radius 1 is 0.750 bits per heavy atom. The van der Waals surface area contributed by atoms with E-state index in [-0.39, 0.29) is 4.90 Å². The number of pyridine rings is 1. The first kappa shape index (κ1) is 26.8. The van der Waals surface area contributed by atoms with E-state index in [2.05, 4.69) is 48.5 Å². The van der Waals surface area contributed by atoms with Crippen LogP contribution in [0.3, 0.4) is 0 Å². The van der Waals surface area contributed by atoms with Crippen molar-refractivity contribution in [3.05, 3.63) is 154 Å². The molecule has 2 aromatic heterocycles. The van der Waals surface area contributed by atoms with Crippen LogP contribution in [0.5, 0.6) is 0 Å². The molecule has 6 aromatic rings. The lowest BCUT2D eigenvalue weighted by Gasteiger charge is -2.26. The van der Waals surface area contributed by atoms with Crippen molar-refractivity contribution in [1.82, 2.24) is 8.96 Å². The van der Waals surface area contributed by atoms with Crippen molar-refractivity contribution in [3.8, 4) is 11.1 Å². The molecule has 0 fully saturated rings. The van der Waals surface area contributed by atoms with Gasteiger partial charge in [-0.1, -0.05) is 66.7 Å². The summed E-state index contributed by atoms with van der Waals surface area (Å²) < 4.78 is 43.2. The van der Waals surface area contributed by atoms with Gasteiger partial charge in [-0.2, -0.15) is 0 Å². The van der Waals surface area contributed by atoms with Crippen LogP contribution >= 0.6 is 0 Å². The standard InChI is InChI=1S/C38H29FN2O2S/c39-29-16-19-38-36(23-29)28(24-41(38)44(42,43)30-8-2-1-3-9-30)22-37-32(11-6-20-40-37)27-13-12-26-15-17-33-31-10-5-4-7-25(31)14-18-34(33)35(26)21-27/h1-11,15-17,19-21,23-24H,12-14,18,22H2. The molecule has 0 saturated carbocycles. The second-order valence-corrected chi connectivity index (χ2v) is 13.4. The first-order chi connectivity index (χ1) is 21.5. The van der Waals surface area contributed by atoms with Gasteiger partial charge in [-0.3, -0.25) is 4.98 Å². The van der Waals surface area contributed by atoms with E-state index in [4.69, 9.17) is 4.98 Å². The van der Waals surface area contributed by atoms with Gasteiger partial charge in [-0.15, -0.1) is 0 Å². The molecular formula is C38H29FN2O2S. The fourth-order valence-electron chi connectivity index (χ4n) is 6.96. The summed E-state index contributed by atoms with van der Waals surface area (Å²) in [6.45, 7) is 0. The maximum absolute atomic E-state index is 14.5. The third kappa shape index (κ3) is 4.40. The van der Waals surface area contributed by atoms with Crippen molar-refractivity contribution in [2.45, 2.75) is 37.0 Å². The molecule has 4 nitrogen and oxygen atoms in total. The zero-order chi connectivity index (χ0) is 29.8. The lowest BCUT2D eigenvalue weighted by Crippen LogP contribution is -2.11. The first-order valence-corrected chi connectivity index (χ1v) is 16.4. The molecule has 0 radical (unpaired) electrons. The van der Waals surface area contributed by atoms with Crippen LogP contribution in [0.2, 0.25) is 0 Å². The van der Waals surface area contributed by atoms with Crippen molar-refractivity contribution < 1.29 is 12.8 Å². The molecule has 0 aliphatic heterocycles. The Kier molecular flexibility index (Phi) is 6.35. The Bertz CT molecular complexity index is 2230. The predicted molar refractivity (Wildman–Crippen MR) is 173 cm³/mol. The molecule has 216 valence electrons. The maximum atomic E-state index is 14.5. The molecule has 2 heterocycles. The topological polar surface area (TPSA) is 52.0 Å². The molecule has 0 bridgehead atoms. The van der Waals surface area contributed by atoms with Gasteiger partial charge in [0, 0.05) is 24.2 Å². The maximum Gasteiger partial charge on any atom is 0.268 e. The van der Waals surface area contributed by atoms with Crippen LogP contribution in [0.1, 0.15) is 45.5 Å². The van der Waals surface area contributed by atoms with Crippen molar-refractivity contribution in [2.75, 3.05) is 0 Å². The van der Waals surface area contributed by atoms with E-state index in [1.807, 2.05) is 6.07 Å². The number of hydrogen-bond acceptors (Lipinski definition) is 3. The predicted octanol–water partition coefficient (Wildman–Crippen LogP) is 8.26. The highest BCUT2D eigenvalue weighted by Gasteiger charge is 2.25. The molecule has 0 saturated heterocycles. The molecule has 2 aliphatic carbocycles. The molecule has 6 heteroatoms. The summed E-state index contributed by atoms with van der Waals surface area (Å²) in [4.78, 5) is 4.97. The minimum atomic E-state index is -3.88. The summed E-state index contributed by atoms with van der Waals surface area (Å²) in [7, 11) is -3.88. The quantitative estimate of drug-likeness (QED) is 0.201. The average Bonchev–Trinajstić information content (AvgIpc) is 3.42. The molecule has 0 unspecified atom stereocenters. The van der Waals surface area contributed by atoms with Gasteiger partial charge >= 0.3 is 0 Å². The minimum absolute atomic E-state index is 0.184. The number of fused-ring (bicyclic) bond motifs is 6. The van der Waals surface area contributed by atoms with Crippen molar-refractivity contribution in [2.24, 2.45) is 0 Å². The smallest absolute Gasteiger partial charge is 0.260 e. The monoisotopic (exact) mass is 596 g/mol. The minimum Gasteiger partial charge on any atom is -0.260 e. The third-order valence-electron chi connectivity index (χ3n) is 9.09. The van der Waals surface area contributed by atoms with Crippen molar-refractivity contribution in [1.29, 1.82) is 0 Å². The summed E-state index contributed by atoms with van der Waals surface area (Å²) in [6, 6.07) is 29.9. The number of nitrogens with zero attached hydrogens (tertiary/aromatic N) is 2. The number of aromatic nitrogens is 2. The highest BCUT2D eigenvalue weighted by atomic mass is 32.2. The lowest BCUT2D eigenvalue weighted by molar-refractivity contribution is 0.589. The molecule has 0 spiro atoms. The van der Waals surface area contributed by atoms with Crippen molar-refractivity contribution >= 4 is 32.6 Å². The van der Waals surface area contributed by atoms with Gasteiger partial charge in [0.25, 0.3) is 10.0 Å². The van der Waals surface area contributed by atoms with Crippen LogP contribution < -0.4 is 0 Å². The van der Waals surface area contributed by atoms with Crippen LogP contribution in [-0.2, 0) is 35.7 Å². The average molecular weight is 597 g/mol. The Labute approximate surface area is 256 Å². The van der Waals surface area contributed by atoms with E-state index in [1.165, 1.54) is 61.1 Å².